The maximum Gasteiger partial charge on any atom is 0.137 e. The van der Waals surface area contributed by atoms with E-state index in [0.29, 0.717) is 5.92 Å². The molecule has 1 aliphatic carbocycles. The van der Waals surface area contributed by atoms with E-state index in [9.17, 15) is 0 Å². The number of nitrogens with zero attached hydrogens (tertiary/aromatic N) is 3. The summed E-state index contributed by atoms with van der Waals surface area (Å²) in [6.07, 6.45) is 8.70. The van der Waals surface area contributed by atoms with Crippen LogP contribution in [0.4, 0.5) is 5.69 Å². The normalized spacial score (nSPS) is 17.6. The summed E-state index contributed by atoms with van der Waals surface area (Å²) in [5.41, 5.74) is 11.8. The highest BCUT2D eigenvalue weighted by atomic mass is 32.1. The van der Waals surface area contributed by atoms with Gasteiger partial charge in [-0.1, -0.05) is 153 Å². The second kappa shape index (κ2) is 12.8. The van der Waals surface area contributed by atoms with Crippen LogP contribution in [-0.4, -0.2) is 17.0 Å². The summed E-state index contributed by atoms with van der Waals surface area (Å²) in [7, 11) is 2.26. The predicted molar refractivity (Wildman–Crippen MR) is 224 cm³/mol. The minimum absolute atomic E-state index is 0.0663. The maximum atomic E-state index is 5.21. The van der Waals surface area contributed by atoms with E-state index in [0.717, 1.165) is 28.3 Å². The van der Waals surface area contributed by atoms with Gasteiger partial charge in [-0.15, -0.1) is 11.3 Å². The van der Waals surface area contributed by atoms with Gasteiger partial charge in [-0.05, 0) is 57.6 Å². The molecule has 0 N–H and O–H groups in total. The molecule has 0 fully saturated rings. The topological polar surface area (TPSA) is 29.0 Å². The van der Waals surface area contributed by atoms with Gasteiger partial charge >= 0.3 is 0 Å². The zero-order valence-electron chi connectivity index (χ0n) is 29.6. The van der Waals surface area contributed by atoms with Crippen LogP contribution in [0.5, 0.6) is 0 Å². The van der Waals surface area contributed by atoms with Crippen LogP contribution in [0.2, 0.25) is 0 Å². The number of benzene rings is 6. The summed E-state index contributed by atoms with van der Waals surface area (Å²) < 4.78 is 1.32. The van der Waals surface area contributed by atoms with Gasteiger partial charge in [0.1, 0.15) is 5.82 Å². The molecule has 10 rings (SSSR count). The molecule has 53 heavy (non-hydrogen) atoms. The third kappa shape index (κ3) is 5.41. The first kappa shape index (κ1) is 31.6. The molecule has 8 aromatic rings. The molecule has 0 spiro atoms. The Morgan fingerprint density at radius 1 is 0.585 bits per heavy atom. The average Bonchev–Trinajstić information content (AvgIpc) is 3.60. The molecule has 2 aliphatic rings. The van der Waals surface area contributed by atoms with Crippen molar-refractivity contribution < 1.29 is 0 Å². The zero-order valence-corrected chi connectivity index (χ0v) is 30.5. The van der Waals surface area contributed by atoms with Crippen LogP contribution >= 0.6 is 11.3 Å². The number of allylic oxidation sites excluding steroid dienone is 4. The lowest BCUT2D eigenvalue weighted by molar-refractivity contribution is 0.603. The third-order valence-corrected chi connectivity index (χ3v) is 12.3. The number of hydrogen-bond acceptors (Lipinski definition) is 4. The summed E-state index contributed by atoms with van der Waals surface area (Å²) in [5.74, 6) is 1.31. The van der Waals surface area contributed by atoms with Gasteiger partial charge in [-0.25, -0.2) is 9.97 Å². The average molecular weight is 700 g/mol. The van der Waals surface area contributed by atoms with Gasteiger partial charge in [0.05, 0.1) is 17.4 Å². The van der Waals surface area contributed by atoms with E-state index in [-0.39, 0.29) is 12.0 Å². The quantitative estimate of drug-likeness (QED) is 0.179. The lowest BCUT2D eigenvalue weighted by Crippen LogP contribution is -2.28. The Morgan fingerprint density at radius 3 is 2.09 bits per heavy atom. The van der Waals surface area contributed by atoms with Crippen LogP contribution in [0.1, 0.15) is 35.1 Å². The van der Waals surface area contributed by atoms with Crippen molar-refractivity contribution in [2.24, 2.45) is 5.92 Å². The van der Waals surface area contributed by atoms with Gasteiger partial charge in [-0.3, -0.25) is 0 Å². The van der Waals surface area contributed by atoms with Crippen molar-refractivity contribution in [3.8, 4) is 44.8 Å². The van der Waals surface area contributed by atoms with Crippen molar-refractivity contribution >= 4 is 37.9 Å². The fourth-order valence-corrected chi connectivity index (χ4v) is 9.68. The van der Waals surface area contributed by atoms with Crippen molar-refractivity contribution in [1.29, 1.82) is 0 Å². The molecule has 0 radical (unpaired) electrons. The first-order valence-corrected chi connectivity index (χ1v) is 19.2. The molecule has 3 heterocycles. The smallest absolute Gasteiger partial charge is 0.137 e. The SMILES string of the molecule is CC1C=CC=CC1c1nc(-c2ccccc2)cc(-c2ccc(C3c4sc5ccccc5c4-c4c(-c5ccc6ccccc6c5)cccc4N3C)cc2)n1. The molecule has 0 saturated carbocycles. The molecule has 0 amide bonds. The predicted octanol–water partition coefficient (Wildman–Crippen LogP) is 12.9. The Hall–Kier alpha value is -6.10. The van der Waals surface area contributed by atoms with Crippen LogP contribution in [0.3, 0.4) is 0 Å². The van der Waals surface area contributed by atoms with E-state index in [1.165, 1.54) is 59.2 Å². The highest BCUT2D eigenvalue weighted by Gasteiger charge is 2.35. The van der Waals surface area contributed by atoms with Gasteiger partial charge in [0.15, 0.2) is 0 Å². The standard InChI is InChI=1S/C49H37N3S/c1-31-13-6-9-18-38(31)49-50-41(33-15-4-3-5-16-33)30-42(51-49)34-24-26-35(27-25-34)47-48-46(40-19-10-11-22-44(40)53-48)45-39(20-12-21-43(45)52(47)2)37-28-23-32-14-7-8-17-36(32)29-37/h3-31,38,47H,1-2H3. The Morgan fingerprint density at radius 2 is 1.28 bits per heavy atom. The summed E-state index contributed by atoms with van der Waals surface area (Å²) >= 11 is 1.92. The fourth-order valence-electron chi connectivity index (χ4n) is 8.29. The largest absolute Gasteiger partial charge is 0.362 e. The molecule has 4 heteroatoms. The molecular weight excluding hydrogens is 663 g/mol. The van der Waals surface area contributed by atoms with Crippen molar-refractivity contribution in [2.75, 3.05) is 11.9 Å². The van der Waals surface area contributed by atoms with Crippen LogP contribution in [0.25, 0.3) is 65.6 Å². The Kier molecular flexibility index (Phi) is 7.66. The fraction of sp³-hybridized carbons (Fsp3) is 0.102. The molecule has 6 aromatic carbocycles. The molecular formula is C49H37N3S. The highest BCUT2D eigenvalue weighted by Crippen LogP contribution is 2.55. The molecule has 254 valence electrons. The van der Waals surface area contributed by atoms with Crippen molar-refractivity contribution in [3.05, 3.63) is 186 Å². The molecule has 3 nitrogen and oxygen atoms in total. The second-order valence-electron chi connectivity index (χ2n) is 14.3. The van der Waals surface area contributed by atoms with Crippen LogP contribution in [0.15, 0.2) is 170 Å². The summed E-state index contributed by atoms with van der Waals surface area (Å²) in [4.78, 5) is 14.2. The summed E-state index contributed by atoms with van der Waals surface area (Å²) in [6.45, 7) is 2.24. The van der Waals surface area contributed by atoms with E-state index < -0.39 is 0 Å². The molecule has 3 unspecified atom stereocenters. The summed E-state index contributed by atoms with van der Waals surface area (Å²) in [6, 6.07) is 53.0. The number of hydrogen-bond donors (Lipinski definition) is 0. The van der Waals surface area contributed by atoms with Crippen LogP contribution in [-0.2, 0) is 0 Å². The van der Waals surface area contributed by atoms with Crippen LogP contribution < -0.4 is 4.90 Å². The highest BCUT2D eigenvalue weighted by molar-refractivity contribution is 7.19. The molecule has 2 aromatic heterocycles. The number of thiophene rings is 1. The Bertz CT molecular complexity index is 2720. The molecule has 3 atom stereocenters. The van der Waals surface area contributed by atoms with Crippen LogP contribution in [0, 0.1) is 5.92 Å². The van der Waals surface area contributed by atoms with Gasteiger partial charge < -0.3 is 4.90 Å². The number of aromatic nitrogens is 2. The zero-order chi connectivity index (χ0) is 35.5. The van der Waals surface area contributed by atoms with Crippen molar-refractivity contribution in [3.63, 3.8) is 0 Å². The van der Waals surface area contributed by atoms with E-state index in [2.05, 4.69) is 189 Å². The van der Waals surface area contributed by atoms with E-state index in [1.54, 1.807) is 0 Å². The maximum absolute atomic E-state index is 5.21. The minimum Gasteiger partial charge on any atom is -0.362 e. The number of rotatable bonds is 5. The Balaban J connectivity index is 1.09. The van der Waals surface area contributed by atoms with Gasteiger partial charge in [-0.2, -0.15) is 0 Å². The van der Waals surface area contributed by atoms with E-state index >= 15 is 0 Å². The first-order valence-electron chi connectivity index (χ1n) is 18.4. The summed E-state index contributed by atoms with van der Waals surface area (Å²) in [5, 5.41) is 3.84. The Labute approximate surface area is 314 Å². The minimum atomic E-state index is 0.0663. The van der Waals surface area contributed by atoms with Gasteiger partial charge in [0.25, 0.3) is 0 Å². The third-order valence-electron chi connectivity index (χ3n) is 11.0. The van der Waals surface area contributed by atoms with Gasteiger partial charge in [0.2, 0.25) is 0 Å². The van der Waals surface area contributed by atoms with Crippen molar-refractivity contribution in [2.45, 2.75) is 18.9 Å². The lowest BCUT2D eigenvalue weighted by atomic mass is 9.84. The molecule has 0 bridgehead atoms. The van der Waals surface area contributed by atoms with E-state index in [1.807, 2.05) is 11.3 Å². The number of fused-ring (bicyclic) bond motifs is 6. The molecule has 1 aliphatic heterocycles. The van der Waals surface area contributed by atoms with E-state index in [4.69, 9.17) is 9.97 Å². The monoisotopic (exact) mass is 699 g/mol. The second-order valence-corrected chi connectivity index (χ2v) is 15.3. The first-order chi connectivity index (χ1) is 26.1. The van der Waals surface area contributed by atoms with Crippen molar-refractivity contribution in [1.82, 2.24) is 9.97 Å². The van der Waals surface area contributed by atoms with Gasteiger partial charge in [0, 0.05) is 55.9 Å². The number of anilines is 1. The lowest BCUT2D eigenvalue weighted by Gasteiger charge is -2.37. The molecule has 0 saturated heterocycles.